The number of carbonyl (C=O) groups excluding carboxylic acids is 2. The van der Waals surface area contributed by atoms with E-state index in [2.05, 4.69) is 10.6 Å². The van der Waals surface area contributed by atoms with Crippen LogP contribution in [-0.4, -0.2) is 11.8 Å². The fourth-order valence-electron chi connectivity index (χ4n) is 3.29. The summed E-state index contributed by atoms with van der Waals surface area (Å²) in [5.74, 6) is -1.87. The molecule has 0 aromatic heterocycles. The molecule has 0 heterocycles. The van der Waals surface area contributed by atoms with Crippen molar-refractivity contribution in [3.8, 4) is 0 Å². The van der Waals surface area contributed by atoms with Crippen molar-refractivity contribution in [2.75, 3.05) is 10.6 Å². The standard InChI is InChI=1S/C20H20F2N2O2/c21-15-6-2-8-17(11-15)23-19(25)13-4-1-5-14(10-13)20(26)24-18-9-3-7-16(22)12-18/h2-3,6-9,11-14H,1,4-5,10H2,(H,23,25)(H,24,26)/t13-,14+. The van der Waals surface area contributed by atoms with Crippen LogP contribution in [0, 0.1) is 23.5 Å². The summed E-state index contributed by atoms with van der Waals surface area (Å²) in [5, 5.41) is 5.42. The number of anilines is 2. The van der Waals surface area contributed by atoms with Crippen LogP contribution in [0.15, 0.2) is 48.5 Å². The molecule has 4 nitrogen and oxygen atoms in total. The molecule has 136 valence electrons. The fourth-order valence-corrected chi connectivity index (χ4v) is 3.29. The van der Waals surface area contributed by atoms with E-state index < -0.39 is 11.6 Å². The van der Waals surface area contributed by atoms with E-state index in [1.807, 2.05) is 0 Å². The van der Waals surface area contributed by atoms with Gasteiger partial charge in [-0.05, 0) is 55.7 Å². The van der Waals surface area contributed by atoms with Crippen molar-refractivity contribution in [3.05, 3.63) is 60.2 Å². The summed E-state index contributed by atoms with van der Waals surface area (Å²) >= 11 is 0. The highest BCUT2D eigenvalue weighted by atomic mass is 19.1. The molecule has 0 spiro atoms. The van der Waals surface area contributed by atoms with E-state index in [0.29, 0.717) is 30.6 Å². The lowest BCUT2D eigenvalue weighted by molar-refractivity contribution is -0.124. The number of rotatable bonds is 4. The van der Waals surface area contributed by atoms with Crippen LogP contribution in [0.1, 0.15) is 25.7 Å². The number of nitrogens with one attached hydrogen (secondary N) is 2. The van der Waals surface area contributed by atoms with Crippen molar-refractivity contribution >= 4 is 23.2 Å². The summed E-state index contributed by atoms with van der Waals surface area (Å²) < 4.78 is 26.5. The Balaban J connectivity index is 1.59. The zero-order valence-corrected chi connectivity index (χ0v) is 14.2. The van der Waals surface area contributed by atoms with Crippen LogP contribution in [0.5, 0.6) is 0 Å². The minimum absolute atomic E-state index is 0.209. The van der Waals surface area contributed by atoms with Gasteiger partial charge in [-0.2, -0.15) is 0 Å². The molecule has 0 radical (unpaired) electrons. The third-order valence-electron chi connectivity index (χ3n) is 4.60. The number of halogens is 2. The van der Waals surface area contributed by atoms with Crippen LogP contribution in [-0.2, 0) is 9.59 Å². The van der Waals surface area contributed by atoms with Gasteiger partial charge in [0.15, 0.2) is 0 Å². The van der Waals surface area contributed by atoms with Gasteiger partial charge in [0.1, 0.15) is 11.6 Å². The lowest BCUT2D eigenvalue weighted by Crippen LogP contribution is -2.33. The molecular formula is C20H20F2N2O2. The summed E-state index contributed by atoms with van der Waals surface area (Å²) in [4.78, 5) is 24.9. The Morgan fingerprint density at radius 3 is 1.69 bits per heavy atom. The second-order valence-corrected chi connectivity index (χ2v) is 6.56. The van der Waals surface area contributed by atoms with Crippen LogP contribution in [0.25, 0.3) is 0 Å². The fraction of sp³-hybridized carbons (Fsp3) is 0.300. The van der Waals surface area contributed by atoms with Gasteiger partial charge in [-0.25, -0.2) is 8.78 Å². The van der Waals surface area contributed by atoms with Gasteiger partial charge in [0.25, 0.3) is 0 Å². The molecule has 1 aliphatic carbocycles. The largest absolute Gasteiger partial charge is 0.326 e. The normalized spacial score (nSPS) is 19.6. The van der Waals surface area contributed by atoms with Gasteiger partial charge in [-0.1, -0.05) is 18.6 Å². The number of hydrogen-bond donors (Lipinski definition) is 2. The average molecular weight is 358 g/mol. The molecular weight excluding hydrogens is 338 g/mol. The first-order valence-corrected chi connectivity index (χ1v) is 8.64. The Hall–Kier alpha value is -2.76. The molecule has 3 rings (SSSR count). The van der Waals surface area contributed by atoms with Gasteiger partial charge < -0.3 is 10.6 Å². The van der Waals surface area contributed by atoms with Crippen molar-refractivity contribution in [1.82, 2.24) is 0 Å². The minimum atomic E-state index is -0.418. The average Bonchev–Trinajstić information content (AvgIpc) is 2.62. The Kier molecular flexibility index (Phi) is 5.61. The molecule has 1 saturated carbocycles. The second-order valence-electron chi connectivity index (χ2n) is 6.56. The maximum absolute atomic E-state index is 13.2. The summed E-state index contributed by atoms with van der Waals surface area (Å²) in [5.41, 5.74) is 0.808. The Morgan fingerprint density at radius 1 is 0.808 bits per heavy atom. The first kappa shape index (κ1) is 18.0. The van der Waals surface area contributed by atoms with Crippen LogP contribution in [0.4, 0.5) is 20.2 Å². The molecule has 0 aliphatic heterocycles. The highest BCUT2D eigenvalue weighted by Gasteiger charge is 2.31. The summed E-state index contributed by atoms with van der Waals surface area (Å²) in [6, 6.07) is 11.4. The maximum atomic E-state index is 13.2. The van der Waals surface area contributed by atoms with Gasteiger partial charge in [0.05, 0.1) is 0 Å². The van der Waals surface area contributed by atoms with Crippen molar-refractivity contribution in [2.45, 2.75) is 25.7 Å². The van der Waals surface area contributed by atoms with Crippen LogP contribution >= 0.6 is 0 Å². The zero-order chi connectivity index (χ0) is 18.5. The van der Waals surface area contributed by atoms with Gasteiger partial charge >= 0.3 is 0 Å². The topological polar surface area (TPSA) is 58.2 Å². The quantitative estimate of drug-likeness (QED) is 0.854. The Morgan fingerprint density at radius 2 is 1.27 bits per heavy atom. The smallest absolute Gasteiger partial charge is 0.227 e. The molecule has 1 aliphatic rings. The highest BCUT2D eigenvalue weighted by Crippen LogP contribution is 2.31. The molecule has 2 amide bonds. The zero-order valence-electron chi connectivity index (χ0n) is 14.2. The van der Waals surface area contributed by atoms with Crippen LogP contribution < -0.4 is 10.6 Å². The van der Waals surface area contributed by atoms with E-state index in [4.69, 9.17) is 0 Å². The molecule has 2 aromatic rings. The predicted molar refractivity (Wildman–Crippen MR) is 95.5 cm³/mol. The number of benzene rings is 2. The van der Waals surface area contributed by atoms with E-state index in [0.717, 1.165) is 6.42 Å². The number of amides is 2. The summed E-state index contributed by atoms with van der Waals surface area (Å²) in [7, 11) is 0. The van der Waals surface area contributed by atoms with E-state index in [9.17, 15) is 18.4 Å². The Bertz CT molecular complexity index is 744. The summed E-state index contributed by atoms with van der Waals surface area (Å²) in [6.45, 7) is 0. The Labute approximate surface area is 150 Å². The first-order chi connectivity index (χ1) is 12.5. The predicted octanol–water partition coefficient (Wildman–Crippen LogP) is 4.35. The molecule has 0 saturated heterocycles. The molecule has 0 unspecified atom stereocenters. The lowest BCUT2D eigenvalue weighted by atomic mass is 9.80. The van der Waals surface area contributed by atoms with E-state index in [1.54, 1.807) is 12.1 Å². The summed E-state index contributed by atoms with van der Waals surface area (Å²) in [6.07, 6.45) is 2.54. The molecule has 0 bridgehead atoms. The molecule has 2 atom stereocenters. The van der Waals surface area contributed by atoms with Crippen LogP contribution in [0.3, 0.4) is 0 Å². The third-order valence-corrected chi connectivity index (χ3v) is 4.60. The SMILES string of the molecule is O=C(Nc1cccc(F)c1)[C@@H]1CCC[C@H](C(=O)Nc2cccc(F)c2)C1. The third kappa shape index (κ3) is 4.65. The van der Waals surface area contributed by atoms with Gasteiger partial charge in [-0.3, -0.25) is 9.59 Å². The second kappa shape index (κ2) is 8.08. The van der Waals surface area contributed by atoms with Crippen LogP contribution in [0.2, 0.25) is 0 Å². The molecule has 6 heteroatoms. The van der Waals surface area contributed by atoms with E-state index in [-0.39, 0.29) is 23.7 Å². The van der Waals surface area contributed by atoms with Crippen molar-refractivity contribution in [2.24, 2.45) is 11.8 Å². The van der Waals surface area contributed by atoms with E-state index >= 15 is 0 Å². The highest BCUT2D eigenvalue weighted by molar-refractivity contribution is 5.95. The minimum Gasteiger partial charge on any atom is -0.326 e. The molecule has 2 aromatic carbocycles. The maximum Gasteiger partial charge on any atom is 0.227 e. The van der Waals surface area contributed by atoms with Gasteiger partial charge in [0.2, 0.25) is 11.8 Å². The number of carbonyl (C=O) groups is 2. The number of hydrogen-bond acceptors (Lipinski definition) is 2. The first-order valence-electron chi connectivity index (χ1n) is 8.64. The molecule has 1 fully saturated rings. The molecule has 26 heavy (non-hydrogen) atoms. The molecule has 2 N–H and O–H groups in total. The van der Waals surface area contributed by atoms with E-state index in [1.165, 1.54) is 36.4 Å². The lowest BCUT2D eigenvalue weighted by Gasteiger charge is -2.27. The van der Waals surface area contributed by atoms with Crippen molar-refractivity contribution in [1.29, 1.82) is 0 Å². The van der Waals surface area contributed by atoms with Crippen molar-refractivity contribution in [3.63, 3.8) is 0 Å². The monoisotopic (exact) mass is 358 g/mol. The van der Waals surface area contributed by atoms with Crippen molar-refractivity contribution < 1.29 is 18.4 Å². The van der Waals surface area contributed by atoms with Gasteiger partial charge in [-0.15, -0.1) is 0 Å². The van der Waals surface area contributed by atoms with Gasteiger partial charge in [0, 0.05) is 23.2 Å².